The summed E-state index contributed by atoms with van der Waals surface area (Å²) in [6, 6.07) is 20.3. The second-order valence-electron chi connectivity index (χ2n) is 7.89. The molecule has 156 valence electrons. The second-order valence-corrected chi connectivity index (χ2v) is 7.89. The second kappa shape index (κ2) is 6.17. The first-order valence-corrected chi connectivity index (χ1v) is 10.3. The summed E-state index contributed by atoms with van der Waals surface area (Å²) in [5, 5.41) is 1.11. The predicted molar refractivity (Wildman–Crippen MR) is 127 cm³/mol. The summed E-state index contributed by atoms with van der Waals surface area (Å²) in [5.74, 6) is 0. The van der Waals surface area contributed by atoms with Gasteiger partial charge < -0.3 is 13.3 Å². The summed E-state index contributed by atoms with van der Waals surface area (Å²) in [6.45, 7) is 0. The molecular weight excluding hydrogens is 420 g/mol. The first-order chi connectivity index (χ1) is 16.1. The third kappa shape index (κ3) is 2.24. The molecular formula is C27H12O6. The van der Waals surface area contributed by atoms with Crippen molar-refractivity contribution < 1.29 is 13.3 Å². The van der Waals surface area contributed by atoms with Crippen LogP contribution in [0.2, 0.25) is 0 Å². The fourth-order valence-electron chi connectivity index (χ4n) is 4.57. The van der Waals surface area contributed by atoms with Crippen LogP contribution >= 0.6 is 0 Å². The molecule has 0 saturated heterocycles. The molecule has 4 aromatic carbocycles. The number of fused-ring (bicyclic) bond motifs is 9. The summed E-state index contributed by atoms with van der Waals surface area (Å²) in [7, 11) is 0. The molecule has 0 aliphatic rings. The van der Waals surface area contributed by atoms with Gasteiger partial charge in [0.2, 0.25) is 16.3 Å². The van der Waals surface area contributed by atoms with E-state index < -0.39 is 0 Å². The fourth-order valence-corrected chi connectivity index (χ4v) is 4.57. The minimum Gasteiger partial charge on any atom is -0.455 e. The van der Waals surface area contributed by atoms with Gasteiger partial charge in [-0.2, -0.15) is 0 Å². The minimum absolute atomic E-state index is 0.0409. The maximum atomic E-state index is 13.6. The molecule has 0 bridgehead atoms. The van der Waals surface area contributed by atoms with E-state index in [1.165, 1.54) is 0 Å². The zero-order chi connectivity index (χ0) is 22.3. The number of hydrogen-bond donors (Lipinski definition) is 0. The van der Waals surface area contributed by atoms with E-state index in [4.69, 9.17) is 13.3 Å². The highest BCUT2D eigenvalue weighted by atomic mass is 16.4. The van der Waals surface area contributed by atoms with E-state index in [2.05, 4.69) is 0 Å². The van der Waals surface area contributed by atoms with E-state index in [0.29, 0.717) is 32.9 Å². The van der Waals surface area contributed by atoms with Gasteiger partial charge in [0, 0.05) is 0 Å². The van der Waals surface area contributed by atoms with Gasteiger partial charge in [-0.15, -0.1) is 0 Å². The Bertz CT molecular complexity index is 1870. The molecule has 0 aliphatic carbocycles. The van der Waals surface area contributed by atoms with Gasteiger partial charge in [-0.05, 0) is 36.4 Å². The Labute approximate surface area is 182 Å². The molecule has 0 aliphatic heterocycles. The molecule has 33 heavy (non-hydrogen) atoms. The lowest BCUT2D eigenvalue weighted by Crippen LogP contribution is -2.11. The van der Waals surface area contributed by atoms with Crippen molar-refractivity contribution in [1.82, 2.24) is 0 Å². The van der Waals surface area contributed by atoms with Gasteiger partial charge in [0.15, 0.2) is 16.7 Å². The number of rotatable bonds is 0. The Hall–Kier alpha value is -4.71. The summed E-state index contributed by atoms with van der Waals surface area (Å²) >= 11 is 0. The van der Waals surface area contributed by atoms with Crippen molar-refractivity contribution in [3.63, 3.8) is 0 Å². The Kier molecular flexibility index (Phi) is 3.35. The molecule has 0 saturated carbocycles. The standard InChI is InChI=1S/C27H12O6/c28-22-13-7-1-4-10-16(13)31-25-19(22)26-21(24(30)14-8-2-5-11-17(14)32-26)27-20(25)23(29)15-9-3-6-12-18(15)33-27/h1-12H. The van der Waals surface area contributed by atoms with Crippen LogP contribution in [0.15, 0.2) is 100 Å². The highest BCUT2D eigenvalue weighted by Gasteiger charge is 2.25. The van der Waals surface area contributed by atoms with Crippen molar-refractivity contribution in [2.75, 3.05) is 0 Å². The van der Waals surface area contributed by atoms with Crippen molar-refractivity contribution in [3.05, 3.63) is 103 Å². The van der Waals surface area contributed by atoms with Crippen LogP contribution < -0.4 is 16.3 Å². The van der Waals surface area contributed by atoms with E-state index in [-0.39, 0.29) is 49.2 Å². The minimum atomic E-state index is -0.385. The van der Waals surface area contributed by atoms with Crippen molar-refractivity contribution in [1.29, 1.82) is 0 Å². The van der Waals surface area contributed by atoms with E-state index in [1.54, 1.807) is 72.8 Å². The molecule has 7 rings (SSSR count). The number of hydrogen-bond acceptors (Lipinski definition) is 6. The lowest BCUT2D eigenvalue weighted by Gasteiger charge is -2.10. The zero-order valence-corrected chi connectivity index (χ0v) is 16.9. The highest BCUT2D eigenvalue weighted by Crippen LogP contribution is 2.35. The van der Waals surface area contributed by atoms with Crippen LogP contribution in [-0.4, -0.2) is 0 Å². The van der Waals surface area contributed by atoms with Gasteiger partial charge in [0.1, 0.15) is 32.9 Å². The third-order valence-corrected chi connectivity index (χ3v) is 6.07. The Morgan fingerprint density at radius 3 is 0.970 bits per heavy atom. The first kappa shape index (κ1) is 17.9. The smallest absolute Gasteiger partial charge is 0.204 e. The monoisotopic (exact) mass is 432 g/mol. The van der Waals surface area contributed by atoms with Crippen LogP contribution in [0.5, 0.6) is 0 Å². The van der Waals surface area contributed by atoms with Crippen LogP contribution in [0.3, 0.4) is 0 Å². The van der Waals surface area contributed by atoms with Gasteiger partial charge in [-0.1, -0.05) is 36.4 Å². The lowest BCUT2D eigenvalue weighted by molar-refractivity contribution is 0.640. The largest absolute Gasteiger partial charge is 0.455 e. The molecule has 0 unspecified atom stereocenters. The summed E-state index contributed by atoms with van der Waals surface area (Å²) in [5.41, 5.74) is -0.0549. The third-order valence-electron chi connectivity index (χ3n) is 6.07. The average molecular weight is 432 g/mol. The maximum absolute atomic E-state index is 13.6. The van der Waals surface area contributed by atoms with Crippen LogP contribution in [0, 0.1) is 0 Å². The van der Waals surface area contributed by atoms with Gasteiger partial charge in [-0.25, -0.2) is 0 Å². The van der Waals surface area contributed by atoms with Gasteiger partial charge in [0.05, 0.1) is 16.2 Å². The molecule has 3 heterocycles. The number of para-hydroxylation sites is 3. The Morgan fingerprint density at radius 1 is 0.394 bits per heavy atom. The van der Waals surface area contributed by atoms with Gasteiger partial charge >= 0.3 is 0 Å². The van der Waals surface area contributed by atoms with E-state index in [1.807, 2.05) is 0 Å². The maximum Gasteiger partial charge on any atom is 0.204 e. The Balaban J connectivity index is 1.95. The van der Waals surface area contributed by atoms with Crippen molar-refractivity contribution in [2.24, 2.45) is 0 Å². The lowest BCUT2D eigenvalue weighted by atomic mass is 10.0. The first-order valence-electron chi connectivity index (χ1n) is 10.3. The van der Waals surface area contributed by atoms with Crippen LogP contribution in [0.4, 0.5) is 0 Å². The molecule has 7 aromatic rings. The molecule has 0 amide bonds. The Morgan fingerprint density at radius 2 is 0.667 bits per heavy atom. The molecule has 3 aromatic heterocycles. The molecule has 0 spiro atoms. The fraction of sp³-hybridized carbons (Fsp3) is 0. The molecule has 0 radical (unpaired) electrons. The van der Waals surface area contributed by atoms with Crippen LogP contribution in [-0.2, 0) is 0 Å². The quantitative estimate of drug-likeness (QED) is 0.233. The van der Waals surface area contributed by atoms with Gasteiger partial charge in [-0.3, -0.25) is 14.4 Å². The predicted octanol–water partition coefficient (Wildman–Crippen LogP) is 5.47. The molecule has 6 heteroatoms. The SMILES string of the molecule is O=c1c2ccccc2oc2c1c1oc3ccccc3c(=O)c1c1oc3ccccc3c(=O)c21. The normalized spacial score (nSPS) is 12.0. The van der Waals surface area contributed by atoms with E-state index in [9.17, 15) is 14.4 Å². The summed E-state index contributed by atoms with van der Waals surface area (Å²) in [6.07, 6.45) is 0. The van der Waals surface area contributed by atoms with E-state index in [0.717, 1.165) is 0 Å². The van der Waals surface area contributed by atoms with Crippen LogP contribution in [0.1, 0.15) is 0 Å². The number of benzene rings is 4. The highest BCUT2D eigenvalue weighted by molar-refractivity contribution is 6.23. The molecule has 0 N–H and O–H groups in total. The van der Waals surface area contributed by atoms with Crippen LogP contribution in [0.25, 0.3) is 65.8 Å². The van der Waals surface area contributed by atoms with Crippen molar-refractivity contribution in [3.8, 4) is 0 Å². The molecule has 6 nitrogen and oxygen atoms in total. The van der Waals surface area contributed by atoms with Crippen molar-refractivity contribution >= 4 is 65.8 Å². The zero-order valence-electron chi connectivity index (χ0n) is 16.9. The molecule has 0 fully saturated rings. The van der Waals surface area contributed by atoms with Crippen molar-refractivity contribution in [2.45, 2.75) is 0 Å². The summed E-state index contributed by atoms with van der Waals surface area (Å²) in [4.78, 5) is 40.8. The molecule has 0 atom stereocenters. The summed E-state index contributed by atoms with van der Waals surface area (Å²) < 4.78 is 18.3. The average Bonchev–Trinajstić information content (AvgIpc) is 2.84. The van der Waals surface area contributed by atoms with E-state index >= 15 is 0 Å². The van der Waals surface area contributed by atoms with Gasteiger partial charge in [0.25, 0.3) is 0 Å². The topological polar surface area (TPSA) is 90.6 Å².